The SMILES string of the molecule is CC/C=C\C/C=C\C/C=C\C/C=C\C/C=C\C/C=C\CCCCCCCCCCCCCCCCCCCCC(=O)OC(COC(=O)CCCCCCCCCCCCCCCCCCCCCC/C=C\C/C=C\C/C=C\C/C=C\CC)COP(=O)(O)OCC[N+](C)(C)C. The second-order valence-electron chi connectivity index (χ2n) is 27.3. The van der Waals surface area contributed by atoms with E-state index in [-0.39, 0.29) is 32.0 Å². The van der Waals surface area contributed by atoms with Crippen molar-refractivity contribution in [3.05, 3.63) is 122 Å². The van der Waals surface area contributed by atoms with Crippen molar-refractivity contribution in [1.29, 1.82) is 0 Å². The number of esters is 2. The molecular weight excluding hydrogens is 1180 g/mol. The fraction of sp³-hybridized carbons (Fsp3) is 0.738. The number of rotatable bonds is 72. The lowest BCUT2D eigenvalue weighted by Gasteiger charge is -2.24. The van der Waals surface area contributed by atoms with Crippen LogP contribution in [0, 0.1) is 0 Å². The van der Waals surface area contributed by atoms with E-state index in [0.717, 1.165) is 96.3 Å². The number of phosphoric ester groups is 1. The molecule has 10 heteroatoms. The van der Waals surface area contributed by atoms with Gasteiger partial charge in [0.25, 0.3) is 0 Å². The minimum atomic E-state index is -4.40. The second kappa shape index (κ2) is 73.7. The number of carbonyl (C=O) groups is 2. The average Bonchev–Trinajstić information content (AvgIpc) is 1.56. The number of carbonyl (C=O) groups excluding carboxylic acids is 2. The molecular formula is C84H149NO8P+. The van der Waals surface area contributed by atoms with Crippen LogP contribution in [-0.4, -0.2) is 74.9 Å². The summed E-state index contributed by atoms with van der Waals surface area (Å²) < 4.78 is 34.8. The Balaban J connectivity index is 3.96. The van der Waals surface area contributed by atoms with Crippen LogP contribution >= 0.6 is 7.82 Å². The third-order valence-electron chi connectivity index (χ3n) is 17.0. The highest BCUT2D eigenvalue weighted by molar-refractivity contribution is 7.47. The quantitative estimate of drug-likeness (QED) is 0.0211. The van der Waals surface area contributed by atoms with Gasteiger partial charge in [0.2, 0.25) is 0 Å². The summed E-state index contributed by atoms with van der Waals surface area (Å²) in [5.41, 5.74) is 0. The molecule has 0 radical (unpaired) electrons. The van der Waals surface area contributed by atoms with Gasteiger partial charge in [0.15, 0.2) is 6.10 Å². The van der Waals surface area contributed by atoms with E-state index in [2.05, 4.69) is 135 Å². The number of ether oxygens (including phenoxy) is 2. The van der Waals surface area contributed by atoms with Crippen molar-refractivity contribution in [2.24, 2.45) is 0 Å². The topological polar surface area (TPSA) is 108 Å². The Kier molecular flexibility index (Phi) is 70.8. The predicted molar refractivity (Wildman–Crippen MR) is 408 cm³/mol. The summed E-state index contributed by atoms with van der Waals surface area (Å²) in [5, 5.41) is 0. The molecule has 0 bridgehead atoms. The lowest BCUT2D eigenvalue weighted by Crippen LogP contribution is -2.37. The summed E-state index contributed by atoms with van der Waals surface area (Å²) in [6.07, 6.45) is 106. The number of allylic oxidation sites excluding steroid dienone is 20. The lowest BCUT2D eigenvalue weighted by molar-refractivity contribution is -0.870. The summed E-state index contributed by atoms with van der Waals surface area (Å²) in [7, 11) is 1.48. The molecule has 0 aliphatic heterocycles. The van der Waals surface area contributed by atoms with Crippen LogP contribution in [0.4, 0.5) is 0 Å². The van der Waals surface area contributed by atoms with Crippen molar-refractivity contribution in [2.75, 3.05) is 47.5 Å². The molecule has 0 aliphatic rings. The van der Waals surface area contributed by atoms with Crippen LogP contribution in [0.2, 0.25) is 0 Å². The molecule has 0 rings (SSSR count). The Bertz CT molecular complexity index is 2010. The van der Waals surface area contributed by atoms with Gasteiger partial charge in [-0.3, -0.25) is 18.6 Å². The van der Waals surface area contributed by atoms with E-state index in [0.29, 0.717) is 17.4 Å². The molecule has 2 atom stereocenters. The van der Waals surface area contributed by atoms with Crippen LogP contribution in [0.15, 0.2) is 122 Å². The summed E-state index contributed by atoms with van der Waals surface area (Å²) >= 11 is 0. The van der Waals surface area contributed by atoms with Crippen molar-refractivity contribution < 1.29 is 42.1 Å². The van der Waals surface area contributed by atoms with Gasteiger partial charge in [-0.05, 0) is 103 Å². The Morgan fingerprint density at radius 2 is 0.574 bits per heavy atom. The standard InChI is InChI=1S/C84H148NO8P/c1-6-8-10-12-14-16-18-20-22-24-26-28-30-32-34-36-38-40-41-42-43-45-47-49-51-53-55-57-59-61-63-65-67-69-71-73-75-77-84(87)93-82(81-92-94(88,89)91-79-78-85(3,4)5)80-90-83(86)76-74-72-70-68-66-64-62-60-58-56-54-52-50-48-46-44-39-37-35-33-31-29-27-25-23-21-19-17-15-13-11-9-7-2/h8-11,14-17,20-23,26-29,32,34,38,40,82H,6-7,12-13,18-19,24-25,30-31,33,35-37,39,41-81H2,1-5H3/p+1/b10-8-,11-9-,16-14-,17-15-,22-20-,23-21-,28-26-,29-27-,34-32-,40-38-. The zero-order chi connectivity index (χ0) is 68.3. The molecule has 0 saturated carbocycles. The molecule has 2 unspecified atom stereocenters. The molecule has 94 heavy (non-hydrogen) atoms. The molecule has 0 aliphatic carbocycles. The molecule has 0 spiro atoms. The second-order valence-corrected chi connectivity index (χ2v) is 28.8. The van der Waals surface area contributed by atoms with Crippen LogP contribution in [0.1, 0.15) is 348 Å². The summed E-state index contributed by atoms with van der Waals surface area (Å²) in [6.45, 7) is 4.25. The number of hydrogen-bond acceptors (Lipinski definition) is 7. The Labute approximate surface area is 581 Å². The van der Waals surface area contributed by atoms with Crippen molar-refractivity contribution in [1.82, 2.24) is 0 Å². The number of hydrogen-bond donors (Lipinski definition) is 1. The average molecular weight is 1330 g/mol. The van der Waals surface area contributed by atoms with E-state index in [9.17, 15) is 19.0 Å². The highest BCUT2D eigenvalue weighted by Crippen LogP contribution is 2.43. The van der Waals surface area contributed by atoms with Crippen LogP contribution in [0.3, 0.4) is 0 Å². The van der Waals surface area contributed by atoms with Gasteiger partial charge in [-0.2, -0.15) is 0 Å². The molecule has 0 aromatic carbocycles. The van der Waals surface area contributed by atoms with Gasteiger partial charge in [-0.25, -0.2) is 4.57 Å². The summed E-state index contributed by atoms with van der Waals surface area (Å²) in [6, 6.07) is 0. The van der Waals surface area contributed by atoms with E-state index < -0.39 is 26.5 Å². The van der Waals surface area contributed by atoms with Gasteiger partial charge in [0.1, 0.15) is 19.8 Å². The van der Waals surface area contributed by atoms with Crippen molar-refractivity contribution in [3.63, 3.8) is 0 Å². The highest BCUT2D eigenvalue weighted by Gasteiger charge is 2.27. The maximum absolute atomic E-state index is 12.9. The van der Waals surface area contributed by atoms with Crippen molar-refractivity contribution >= 4 is 19.8 Å². The van der Waals surface area contributed by atoms with Crippen LogP contribution in [0.5, 0.6) is 0 Å². The Morgan fingerprint density at radius 3 is 0.851 bits per heavy atom. The minimum Gasteiger partial charge on any atom is -0.462 e. The molecule has 0 fully saturated rings. The van der Waals surface area contributed by atoms with Gasteiger partial charge in [-0.1, -0.05) is 354 Å². The van der Waals surface area contributed by atoms with E-state index >= 15 is 0 Å². The molecule has 542 valence electrons. The third kappa shape index (κ3) is 77.4. The Morgan fingerprint density at radius 1 is 0.330 bits per heavy atom. The number of likely N-dealkylation sites (N-methyl/N-ethyl adjacent to an activating group) is 1. The zero-order valence-corrected chi connectivity index (χ0v) is 62.8. The maximum Gasteiger partial charge on any atom is 0.472 e. The largest absolute Gasteiger partial charge is 0.472 e. The van der Waals surface area contributed by atoms with Crippen molar-refractivity contribution in [3.8, 4) is 0 Å². The smallest absolute Gasteiger partial charge is 0.462 e. The molecule has 0 aromatic heterocycles. The Hall–Kier alpha value is -3.59. The van der Waals surface area contributed by atoms with E-state index in [4.69, 9.17) is 18.5 Å². The first-order valence-electron chi connectivity index (χ1n) is 39.3. The lowest BCUT2D eigenvalue weighted by atomic mass is 10.0. The molecule has 0 amide bonds. The number of quaternary nitrogens is 1. The van der Waals surface area contributed by atoms with Gasteiger partial charge in [0, 0.05) is 12.8 Å². The fourth-order valence-electron chi connectivity index (χ4n) is 11.1. The van der Waals surface area contributed by atoms with E-state index in [1.54, 1.807) is 0 Å². The monoisotopic (exact) mass is 1330 g/mol. The summed E-state index contributed by atoms with van der Waals surface area (Å²) in [5.74, 6) is -0.784. The van der Waals surface area contributed by atoms with Crippen molar-refractivity contribution in [2.45, 2.75) is 354 Å². The van der Waals surface area contributed by atoms with Gasteiger partial charge in [-0.15, -0.1) is 0 Å². The first-order valence-corrected chi connectivity index (χ1v) is 40.8. The van der Waals surface area contributed by atoms with E-state index in [1.165, 1.54) is 218 Å². The number of nitrogens with zero attached hydrogens (tertiary/aromatic N) is 1. The molecule has 0 aromatic rings. The van der Waals surface area contributed by atoms with Gasteiger partial charge < -0.3 is 18.9 Å². The highest BCUT2D eigenvalue weighted by atomic mass is 31.2. The molecule has 9 nitrogen and oxygen atoms in total. The number of phosphoric acid groups is 1. The van der Waals surface area contributed by atoms with E-state index in [1.807, 2.05) is 21.1 Å². The van der Waals surface area contributed by atoms with Gasteiger partial charge >= 0.3 is 19.8 Å². The van der Waals surface area contributed by atoms with Crippen LogP contribution < -0.4 is 0 Å². The molecule has 1 N–H and O–H groups in total. The third-order valence-corrected chi connectivity index (χ3v) is 18.0. The normalized spacial score (nSPS) is 13.7. The minimum absolute atomic E-state index is 0.0303. The zero-order valence-electron chi connectivity index (χ0n) is 61.9. The van der Waals surface area contributed by atoms with Gasteiger partial charge in [0.05, 0.1) is 27.7 Å². The first kappa shape index (κ1) is 90.4. The fourth-order valence-corrected chi connectivity index (χ4v) is 11.8. The van der Waals surface area contributed by atoms with Crippen LogP contribution in [0.25, 0.3) is 0 Å². The van der Waals surface area contributed by atoms with Crippen LogP contribution in [-0.2, 0) is 32.7 Å². The number of unbranched alkanes of at least 4 members (excludes halogenated alkanes) is 38. The maximum atomic E-state index is 12.9. The summed E-state index contributed by atoms with van der Waals surface area (Å²) in [4.78, 5) is 36.0. The molecule has 0 saturated heterocycles. The predicted octanol–water partition coefficient (Wildman–Crippen LogP) is 26.2. The first-order chi connectivity index (χ1) is 46.0. The molecule has 0 heterocycles.